The molecule has 0 saturated carbocycles. The SMILES string of the molecule is NC(=O)[C@]1(c2ccccn2)CCCN(CC(=O)Nc2ncc(Cc3ccccc3)s2)C1. The predicted octanol–water partition coefficient (Wildman–Crippen LogP) is 2.59. The number of nitrogens with two attached hydrogens (primary N) is 1. The Bertz CT molecular complexity index is 1040. The molecule has 7 nitrogen and oxygen atoms in total. The molecule has 0 aliphatic carbocycles. The summed E-state index contributed by atoms with van der Waals surface area (Å²) in [6.07, 6.45) is 5.65. The van der Waals surface area contributed by atoms with E-state index in [1.165, 1.54) is 16.9 Å². The van der Waals surface area contributed by atoms with Crippen molar-refractivity contribution in [2.24, 2.45) is 5.73 Å². The van der Waals surface area contributed by atoms with Crippen LogP contribution in [0, 0.1) is 0 Å². The maximum Gasteiger partial charge on any atom is 0.240 e. The zero-order valence-corrected chi connectivity index (χ0v) is 18.0. The molecular weight excluding hydrogens is 410 g/mol. The molecule has 0 bridgehead atoms. The Morgan fingerprint density at radius 2 is 1.94 bits per heavy atom. The topological polar surface area (TPSA) is 101 Å². The minimum atomic E-state index is -0.871. The quantitative estimate of drug-likeness (QED) is 0.594. The Labute approximate surface area is 185 Å². The van der Waals surface area contributed by atoms with Crippen molar-refractivity contribution in [2.75, 3.05) is 25.0 Å². The van der Waals surface area contributed by atoms with Crippen LogP contribution in [0.3, 0.4) is 0 Å². The first kappa shape index (κ1) is 21.1. The van der Waals surface area contributed by atoms with E-state index in [9.17, 15) is 9.59 Å². The van der Waals surface area contributed by atoms with Gasteiger partial charge in [-0.05, 0) is 37.1 Å². The highest BCUT2D eigenvalue weighted by atomic mass is 32.1. The molecule has 2 aromatic heterocycles. The van der Waals surface area contributed by atoms with Crippen LogP contribution in [0.4, 0.5) is 5.13 Å². The standard InChI is InChI=1S/C23H25N5O2S/c24-21(30)23(19-9-4-5-11-25-19)10-6-12-28(16-23)15-20(29)27-22-26-14-18(31-22)13-17-7-2-1-3-8-17/h1-5,7-9,11,14H,6,10,12-13,15-16H2,(H2,24,30)(H,26,27,29)/t23-/m1/s1. The van der Waals surface area contributed by atoms with Crippen LogP contribution in [0.15, 0.2) is 60.9 Å². The highest BCUT2D eigenvalue weighted by molar-refractivity contribution is 7.15. The molecule has 1 aliphatic heterocycles. The molecule has 3 aromatic rings. The molecule has 4 rings (SSSR count). The second-order valence-electron chi connectivity index (χ2n) is 7.82. The number of nitrogens with zero attached hydrogens (tertiary/aromatic N) is 3. The van der Waals surface area contributed by atoms with E-state index in [-0.39, 0.29) is 12.5 Å². The fourth-order valence-electron chi connectivity index (χ4n) is 4.07. The van der Waals surface area contributed by atoms with E-state index in [4.69, 9.17) is 5.73 Å². The molecule has 1 atom stereocenters. The van der Waals surface area contributed by atoms with Crippen LogP contribution in [-0.4, -0.2) is 46.3 Å². The fourth-order valence-corrected chi connectivity index (χ4v) is 4.93. The third-order valence-corrected chi connectivity index (χ3v) is 6.50. The Morgan fingerprint density at radius 3 is 2.68 bits per heavy atom. The van der Waals surface area contributed by atoms with Crippen molar-refractivity contribution in [2.45, 2.75) is 24.7 Å². The summed E-state index contributed by atoms with van der Waals surface area (Å²) in [6, 6.07) is 15.6. The summed E-state index contributed by atoms with van der Waals surface area (Å²) in [6.45, 7) is 1.28. The number of hydrogen-bond acceptors (Lipinski definition) is 6. The van der Waals surface area contributed by atoms with Gasteiger partial charge in [0.25, 0.3) is 0 Å². The lowest BCUT2D eigenvalue weighted by molar-refractivity contribution is -0.127. The lowest BCUT2D eigenvalue weighted by atomic mass is 9.76. The highest BCUT2D eigenvalue weighted by Gasteiger charge is 2.43. The van der Waals surface area contributed by atoms with Gasteiger partial charge in [-0.1, -0.05) is 36.4 Å². The van der Waals surface area contributed by atoms with E-state index in [0.717, 1.165) is 24.3 Å². The Hall–Kier alpha value is -3.10. The molecule has 2 amide bonds. The van der Waals surface area contributed by atoms with Crippen LogP contribution in [0.1, 0.15) is 29.0 Å². The summed E-state index contributed by atoms with van der Waals surface area (Å²) in [5.41, 5.74) is 6.80. The molecular formula is C23H25N5O2S. The molecule has 1 saturated heterocycles. The van der Waals surface area contributed by atoms with E-state index in [1.54, 1.807) is 12.4 Å². The first-order valence-corrected chi connectivity index (χ1v) is 11.1. The lowest BCUT2D eigenvalue weighted by Crippen LogP contribution is -2.55. The van der Waals surface area contributed by atoms with Gasteiger partial charge in [0.15, 0.2) is 5.13 Å². The van der Waals surface area contributed by atoms with Crippen molar-refractivity contribution in [1.82, 2.24) is 14.9 Å². The van der Waals surface area contributed by atoms with Crippen molar-refractivity contribution in [3.05, 3.63) is 77.1 Å². The minimum Gasteiger partial charge on any atom is -0.369 e. The molecule has 3 N–H and O–H groups in total. The van der Waals surface area contributed by atoms with Gasteiger partial charge in [-0.25, -0.2) is 4.98 Å². The summed E-state index contributed by atoms with van der Waals surface area (Å²) in [4.78, 5) is 36.8. The summed E-state index contributed by atoms with van der Waals surface area (Å²) in [5, 5.41) is 3.47. The third kappa shape index (κ3) is 4.98. The van der Waals surface area contributed by atoms with Crippen molar-refractivity contribution >= 4 is 28.3 Å². The lowest BCUT2D eigenvalue weighted by Gasteiger charge is -2.39. The van der Waals surface area contributed by atoms with E-state index in [0.29, 0.717) is 23.8 Å². The largest absolute Gasteiger partial charge is 0.369 e. The van der Waals surface area contributed by atoms with Gasteiger partial charge in [0.2, 0.25) is 11.8 Å². The van der Waals surface area contributed by atoms with Gasteiger partial charge in [-0.3, -0.25) is 19.5 Å². The Balaban J connectivity index is 1.38. The number of carbonyl (C=O) groups excluding carboxylic acids is 2. The number of anilines is 1. The average Bonchev–Trinajstić information content (AvgIpc) is 3.21. The molecule has 1 fully saturated rings. The molecule has 1 aromatic carbocycles. The maximum atomic E-state index is 12.6. The number of hydrogen-bond donors (Lipinski definition) is 2. The second-order valence-corrected chi connectivity index (χ2v) is 8.93. The molecule has 0 radical (unpaired) electrons. The summed E-state index contributed by atoms with van der Waals surface area (Å²) < 4.78 is 0. The highest BCUT2D eigenvalue weighted by Crippen LogP contribution is 2.32. The smallest absolute Gasteiger partial charge is 0.240 e. The van der Waals surface area contributed by atoms with Gasteiger partial charge in [0, 0.05) is 30.2 Å². The number of rotatable bonds is 7. The van der Waals surface area contributed by atoms with Crippen LogP contribution < -0.4 is 11.1 Å². The van der Waals surface area contributed by atoms with Crippen molar-refractivity contribution in [1.29, 1.82) is 0 Å². The summed E-state index contributed by atoms with van der Waals surface area (Å²) >= 11 is 1.47. The van der Waals surface area contributed by atoms with Gasteiger partial charge in [0.1, 0.15) is 5.41 Å². The van der Waals surface area contributed by atoms with Crippen LogP contribution in [0.25, 0.3) is 0 Å². The van der Waals surface area contributed by atoms with Gasteiger partial charge in [-0.2, -0.15) is 0 Å². The predicted molar refractivity (Wildman–Crippen MR) is 121 cm³/mol. The number of nitrogens with one attached hydrogen (secondary N) is 1. The number of pyridine rings is 1. The average molecular weight is 436 g/mol. The molecule has 31 heavy (non-hydrogen) atoms. The zero-order valence-electron chi connectivity index (χ0n) is 17.2. The van der Waals surface area contributed by atoms with E-state index >= 15 is 0 Å². The summed E-state index contributed by atoms with van der Waals surface area (Å²) in [7, 11) is 0. The van der Waals surface area contributed by atoms with Crippen LogP contribution in [0.2, 0.25) is 0 Å². The van der Waals surface area contributed by atoms with Crippen molar-refractivity contribution in [3.63, 3.8) is 0 Å². The Kier molecular flexibility index (Phi) is 6.39. The normalized spacial score (nSPS) is 19.1. The number of aromatic nitrogens is 2. The van der Waals surface area contributed by atoms with Crippen LogP contribution in [0.5, 0.6) is 0 Å². The van der Waals surface area contributed by atoms with Crippen molar-refractivity contribution < 1.29 is 9.59 Å². The number of amides is 2. The number of thiazole rings is 1. The van der Waals surface area contributed by atoms with Gasteiger partial charge < -0.3 is 11.1 Å². The van der Waals surface area contributed by atoms with Gasteiger partial charge >= 0.3 is 0 Å². The second kappa shape index (κ2) is 9.36. The van der Waals surface area contributed by atoms with Crippen LogP contribution >= 0.6 is 11.3 Å². The number of piperidine rings is 1. The van der Waals surface area contributed by atoms with Gasteiger partial charge in [-0.15, -0.1) is 11.3 Å². The molecule has 160 valence electrons. The van der Waals surface area contributed by atoms with E-state index in [1.807, 2.05) is 41.3 Å². The Morgan fingerprint density at radius 1 is 1.13 bits per heavy atom. The van der Waals surface area contributed by atoms with Gasteiger partial charge in [0.05, 0.1) is 12.2 Å². The number of carbonyl (C=O) groups is 2. The van der Waals surface area contributed by atoms with Crippen LogP contribution in [-0.2, 0) is 21.4 Å². The third-order valence-electron chi connectivity index (χ3n) is 5.59. The van der Waals surface area contributed by atoms with E-state index < -0.39 is 11.3 Å². The summed E-state index contributed by atoms with van der Waals surface area (Å²) in [5.74, 6) is -0.552. The minimum absolute atomic E-state index is 0.151. The molecule has 0 unspecified atom stereocenters. The first-order valence-electron chi connectivity index (χ1n) is 10.3. The first-order chi connectivity index (χ1) is 15.0. The molecule has 8 heteroatoms. The van der Waals surface area contributed by atoms with E-state index in [2.05, 4.69) is 27.4 Å². The molecule has 3 heterocycles. The number of benzene rings is 1. The number of primary amides is 1. The van der Waals surface area contributed by atoms with Crippen molar-refractivity contribution in [3.8, 4) is 0 Å². The fraction of sp³-hybridized carbons (Fsp3) is 0.304. The molecule has 0 spiro atoms. The maximum absolute atomic E-state index is 12.6. The monoisotopic (exact) mass is 435 g/mol. The molecule has 1 aliphatic rings. The number of likely N-dealkylation sites (tertiary alicyclic amines) is 1. The zero-order chi connectivity index (χ0) is 21.7.